The first-order chi connectivity index (χ1) is 9.38. The Balaban J connectivity index is 2.43. The van der Waals surface area contributed by atoms with Crippen LogP contribution in [-0.4, -0.2) is 12.1 Å². The van der Waals surface area contributed by atoms with Gasteiger partial charge in [0.1, 0.15) is 0 Å². The molecule has 0 saturated heterocycles. The van der Waals surface area contributed by atoms with Gasteiger partial charge in [-0.05, 0) is 56.2 Å². The van der Waals surface area contributed by atoms with Crippen LogP contribution in [0.2, 0.25) is 0 Å². The van der Waals surface area contributed by atoms with E-state index < -0.39 is 0 Å². The van der Waals surface area contributed by atoms with E-state index in [4.69, 9.17) is 10.5 Å². The second-order valence-electron chi connectivity index (χ2n) is 6.08. The summed E-state index contributed by atoms with van der Waals surface area (Å²) in [6, 6.07) is 5.19. The van der Waals surface area contributed by atoms with Crippen molar-refractivity contribution in [3.05, 3.63) is 29.6 Å². The zero-order chi connectivity index (χ0) is 15.2. The predicted octanol–water partition coefficient (Wildman–Crippen LogP) is 4.31. The highest BCUT2D eigenvalue weighted by Gasteiger charge is 2.17. The zero-order valence-electron chi connectivity index (χ0n) is 13.2. The van der Waals surface area contributed by atoms with E-state index in [0.29, 0.717) is 18.3 Å². The fourth-order valence-electron chi connectivity index (χ4n) is 1.95. The summed E-state index contributed by atoms with van der Waals surface area (Å²) in [6.45, 7) is 8.83. The highest BCUT2D eigenvalue weighted by molar-refractivity contribution is 5.29. The average Bonchev–Trinajstić information content (AvgIpc) is 2.43. The third kappa shape index (κ3) is 5.49. The molecule has 0 aliphatic carbocycles. The third-order valence-corrected chi connectivity index (χ3v) is 3.94. The topological polar surface area (TPSA) is 35.2 Å². The van der Waals surface area contributed by atoms with Crippen LogP contribution in [0.15, 0.2) is 18.2 Å². The van der Waals surface area contributed by atoms with E-state index in [1.807, 2.05) is 13.0 Å². The van der Waals surface area contributed by atoms with Gasteiger partial charge in [-0.2, -0.15) is 0 Å². The summed E-state index contributed by atoms with van der Waals surface area (Å²) in [7, 11) is 0. The third-order valence-electron chi connectivity index (χ3n) is 3.94. The lowest BCUT2D eigenvalue weighted by atomic mass is 9.90. The Bertz CT molecular complexity index is 417. The molecule has 0 bridgehead atoms. The molecule has 0 fully saturated rings. The fraction of sp³-hybridized carbons (Fsp3) is 0.647. The summed E-state index contributed by atoms with van der Waals surface area (Å²) < 4.78 is 19.4. The maximum atomic E-state index is 13.8. The van der Waals surface area contributed by atoms with Crippen LogP contribution in [0.1, 0.15) is 52.5 Å². The van der Waals surface area contributed by atoms with E-state index in [1.165, 1.54) is 0 Å². The molecule has 2 unspecified atom stereocenters. The first-order valence-electron chi connectivity index (χ1n) is 7.58. The minimum absolute atomic E-state index is 0.109. The van der Waals surface area contributed by atoms with Gasteiger partial charge in [-0.3, -0.25) is 0 Å². The van der Waals surface area contributed by atoms with Crippen LogP contribution in [0.3, 0.4) is 0 Å². The SMILES string of the molecule is CCc1ccc(OCC(C)CCC(C)(N)CC)c(F)c1. The van der Waals surface area contributed by atoms with E-state index in [-0.39, 0.29) is 11.4 Å². The van der Waals surface area contributed by atoms with Crippen molar-refractivity contribution in [2.75, 3.05) is 6.61 Å². The van der Waals surface area contributed by atoms with Gasteiger partial charge in [0.2, 0.25) is 0 Å². The number of benzene rings is 1. The Morgan fingerprint density at radius 2 is 2.05 bits per heavy atom. The van der Waals surface area contributed by atoms with Crippen molar-refractivity contribution in [2.45, 2.75) is 58.9 Å². The minimum atomic E-state index is -0.270. The van der Waals surface area contributed by atoms with Gasteiger partial charge in [-0.1, -0.05) is 26.8 Å². The number of halogens is 1. The highest BCUT2D eigenvalue weighted by Crippen LogP contribution is 2.21. The molecule has 1 aromatic rings. The largest absolute Gasteiger partial charge is 0.490 e. The smallest absolute Gasteiger partial charge is 0.165 e. The lowest BCUT2D eigenvalue weighted by Gasteiger charge is -2.24. The Morgan fingerprint density at radius 3 is 2.60 bits per heavy atom. The Hall–Kier alpha value is -1.09. The molecule has 0 radical (unpaired) electrons. The molecule has 3 heteroatoms. The Kier molecular flexibility index (Phi) is 6.47. The lowest BCUT2D eigenvalue weighted by molar-refractivity contribution is 0.229. The fourth-order valence-corrected chi connectivity index (χ4v) is 1.95. The maximum Gasteiger partial charge on any atom is 0.165 e. The molecule has 0 aromatic heterocycles. The van der Waals surface area contributed by atoms with Crippen LogP contribution in [-0.2, 0) is 6.42 Å². The zero-order valence-corrected chi connectivity index (χ0v) is 13.2. The molecule has 1 rings (SSSR count). The van der Waals surface area contributed by atoms with Crippen molar-refractivity contribution in [3.8, 4) is 5.75 Å². The van der Waals surface area contributed by atoms with E-state index in [0.717, 1.165) is 31.2 Å². The summed E-state index contributed by atoms with van der Waals surface area (Å²) in [5, 5.41) is 0. The Morgan fingerprint density at radius 1 is 1.35 bits per heavy atom. The van der Waals surface area contributed by atoms with Crippen molar-refractivity contribution in [1.82, 2.24) is 0 Å². The molecule has 0 amide bonds. The van der Waals surface area contributed by atoms with E-state index in [1.54, 1.807) is 12.1 Å². The van der Waals surface area contributed by atoms with Crippen molar-refractivity contribution < 1.29 is 9.13 Å². The van der Waals surface area contributed by atoms with Crippen molar-refractivity contribution in [3.63, 3.8) is 0 Å². The van der Waals surface area contributed by atoms with E-state index >= 15 is 0 Å². The molecule has 0 saturated carbocycles. The number of hydrogen-bond donors (Lipinski definition) is 1. The second kappa shape index (κ2) is 7.63. The highest BCUT2D eigenvalue weighted by atomic mass is 19.1. The first kappa shape index (κ1) is 17.0. The summed E-state index contributed by atoms with van der Waals surface area (Å²) in [5.74, 6) is 0.448. The van der Waals surface area contributed by atoms with Gasteiger partial charge < -0.3 is 10.5 Å². The van der Waals surface area contributed by atoms with Crippen molar-refractivity contribution in [1.29, 1.82) is 0 Å². The molecular formula is C17H28FNO. The second-order valence-corrected chi connectivity index (χ2v) is 6.08. The Labute approximate surface area is 122 Å². The van der Waals surface area contributed by atoms with Gasteiger partial charge in [0, 0.05) is 5.54 Å². The quantitative estimate of drug-likeness (QED) is 0.770. The lowest BCUT2D eigenvalue weighted by Crippen LogP contribution is -2.35. The monoisotopic (exact) mass is 281 g/mol. The summed E-state index contributed by atoms with van der Waals surface area (Å²) in [5.41, 5.74) is 7.01. The van der Waals surface area contributed by atoms with Gasteiger partial charge in [0.25, 0.3) is 0 Å². The van der Waals surface area contributed by atoms with Crippen LogP contribution in [0.25, 0.3) is 0 Å². The molecule has 2 N–H and O–H groups in total. The minimum Gasteiger partial charge on any atom is -0.490 e. The van der Waals surface area contributed by atoms with Crippen LogP contribution in [0.5, 0.6) is 5.75 Å². The summed E-state index contributed by atoms with van der Waals surface area (Å²) >= 11 is 0. The normalized spacial score (nSPS) is 15.7. The maximum absolute atomic E-state index is 13.8. The molecule has 1 aromatic carbocycles. The molecule has 0 spiro atoms. The van der Waals surface area contributed by atoms with Crippen LogP contribution in [0, 0.1) is 11.7 Å². The van der Waals surface area contributed by atoms with Gasteiger partial charge in [0.15, 0.2) is 11.6 Å². The van der Waals surface area contributed by atoms with Gasteiger partial charge >= 0.3 is 0 Å². The molecule has 0 aliphatic rings. The number of ether oxygens (including phenoxy) is 1. The molecule has 2 atom stereocenters. The standard InChI is InChI=1S/C17H28FNO/c1-5-14-7-8-16(15(18)11-14)20-12-13(3)9-10-17(4,19)6-2/h7-8,11,13H,5-6,9-10,12,19H2,1-4H3. The summed E-state index contributed by atoms with van der Waals surface area (Å²) in [6.07, 6.45) is 3.76. The predicted molar refractivity (Wildman–Crippen MR) is 82.6 cm³/mol. The van der Waals surface area contributed by atoms with Gasteiger partial charge in [-0.25, -0.2) is 4.39 Å². The van der Waals surface area contributed by atoms with Gasteiger partial charge in [-0.15, -0.1) is 0 Å². The molecule has 0 heterocycles. The van der Waals surface area contributed by atoms with Crippen LogP contribution in [0.4, 0.5) is 4.39 Å². The average molecular weight is 281 g/mol. The molecule has 2 nitrogen and oxygen atoms in total. The van der Waals surface area contributed by atoms with E-state index in [2.05, 4.69) is 20.8 Å². The molecule has 114 valence electrons. The van der Waals surface area contributed by atoms with Crippen molar-refractivity contribution >= 4 is 0 Å². The number of rotatable bonds is 8. The number of aryl methyl sites for hydroxylation is 1. The number of hydrogen-bond acceptors (Lipinski definition) is 2. The molecule has 20 heavy (non-hydrogen) atoms. The van der Waals surface area contributed by atoms with Crippen molar-refractivity contribution in [2.24, 2.45) is 11.7 Å². The van der Waals surface area contributed by atoms with Crippen LogP contribution >= 0.6 is 0 Å². The molecular weight excluding hydrogens is 253 g/mol. The summed E-state index contributed by atoms with van der Waals surface area (Å²) in [4.78, 5) is 0. The first-order valence-corrected chi connectivity index (χ1v) is 7.58. The molecule has 0 aliphatic heterocycles. The van der Waals surface area contributed by atoms with Gasteiger partial charge in [0.05, 0.1) is 6.61 Å². The van der Waals surface area contributed by atoms with E-state index in [9.17, 15) is 4.39 Å². The number of nitrogens with two attached hydrogens (primary N) is 1. The van der Waals surface area contributed by atoms with Crippen LogP contribution < -0.4 is 10.5 Å².